The van der Waals surface area contributed by atoms with Crippen LogP contribution in [0.15, 0.2) is 12.4 Å². The van der Waals surface area contributed by atoms with E-state index in [0.717, 1.165) is 19.5 Å². The molecule has 0 saturated carbocycles. The molecule has 0 amide bonds. The van der Waals surface area contributed by atoms with Gasteiger partial charge in [-0.15, -0.1) is 0 Å². The van der Waals surface area contributed by atoms with Gasteiger partial charge in [0, 0.05) is 18.9 Å². The first kappa shape index (κ1) is 12.2. The standard InChI is InChI=1S/C12H23N3/c1-5-8-15-9-7-14-12(15)11(10(3)4)13-6-2/h7,9-11,13H,5-6,8H2,1-4H3. The maximum absolute atomic E-state index is 4.48. The van der Waals surface area contributed by atoms with Crippen LogP contribution in [0, 0.1) is 5.92 Å². The quantitative estimate of drug-likeness (QED) is 0.780. The molecule has 0 aliphatic rings. The van der Waals surface area contributed by atoms with Gasteiger partial charge in [-0.05, 0) is 18.9 Å². The number of aromatic nitrogens is 2. The van der Waals surface area contributed by atoms with Crippen molar-refractivity contribution < 1.29 is 0 Å². The van der Waals surface area contributed by atoms with E-state index >= 15 is 0 Å². The summed E-state index contributed by atoms with van der Waals surface area (Å²) in [4.78, 5) is 4.48. The number of nitrogens with zero attached hydrogens (tertiary/aromatic N) is 2. The molecule has 0 aliphatic carbocycles. The first-order valence-electron chi connectivity index (χ1n) is 5.95. The summed E-state index contributed by atoms with van der Waals surface area (Å²) < 4.78 is 2.26. The summed E-state index contributed by atoms with van der Waals surface area (Å²) in [6.07, 6.45) is 5.13. The largest absolute Gasteiger partial charge is 0.334 e. The highest BCUT2D eigenvalue weighted by atomic mass is 15.1. The summed E-state index contributed by atoms with van der Waals surface area (Å²) in [7, 11) is 0. The van der Waals surface area contributed by atoms with Crippen molar-refractivity contribution in [3.05, 3.63) is 18.2 Å². The zero-order valence-electron chi connectivity index (χ0n) is 10.3. The summed E-state index contributed by atoms with van der Waals surface area (Å²) in [6.45, 7) is 10.9. The van der Waals surface area contributed by atoms with E-state index in [9.17, 15) is 0 Å². The van der Waals surface area contributed by atoms with Crippen LogP contribution in [0.25, 0.3) is 0 Å². The van der Waals surface area contributed by atoms with E-state index < -0.39 is 0 Å². The number of rotatable bonds is 6. The van der Waals surface area contributed by atoms with Crippen LogP contribution >= 0.6 is 0 Å². The molecule has 0 aromatic carbocycles. The van der Waals surface area contributed by atoms with Crippen molar-refractivity contribution in [3.63, 3.8) is 0 Å². The number of hydrogen-bond acceptors (Lipinski definition) is 2. The maximum atomic E-state index is 4.48. The van der Waals surface area contributed by atoms with Crippen molar-refractivity contribution in [3.8, 4) is 0 Å². The van der Waals surface area contributed by atoms with Crippen molar-refractivity contribution in [2.24, 2.45) is 5.92 Å². The molecule has 0 bridgehead atoms. The summed E-state index contributed by atoms with van der Waals surface area (Å²) in [6, 6.07) is 0.372. The van der Waals surface area contributed by atoms with E-state index in [0.29, 0.717) is 12.0 Å². The Bertz CT molecular complexity index is 278. The summed E-state index contributed by atoms with van der Waals surface area (Å²) in [5, 5.41) is 3.50. The second-order valence-corrected chi connectivity index (χ2v) is 4.26. The van der Waals surface area contributed by atoms with E-state index in [4.69, 9.17) is 0 Å². The second kappa shape index (κ2) is 5.91. The Morgan fingerprint density at radius 1 is 1.40 bits per heavy atom. The van der Waals surface area contributed by atoms with E-state index in [1.165, 1.54) is 5.82 Å². The molecule has 1 atom stereocenters. The fourth-order valence-electron chi connectivity index (χ4n) is 1.87. The summed E-state index contributed by atoms with van der Waals surface area (Å²) in [5.41, 5.74) is 0. The Kier molecular flexibility index (Phi) is 4.82. The normalized spacial score (nSPS) is 13.4. The topological polar surface area (TPSA) is 29.9 Å². The summed E-state index contributed by atoms with van der Waals surface area (Å²) >= 11 is 0. The zero-order valence-corrected chi connectivity index (χ0v) is 10.3. The highest BCUT2D eigenvalue weighted by molar-refractivity contribution is 5.00. The molecule has 86 valence electrons. The van der Waals surface area contributed by atoms with E-state index in [1.54, 1.807) is 0 Å². The predicted molar refractivity (Wildman–Crippen MR) is 63.8 cm³/mol. The second-order valence-electron chi connectivity index (χ2n) is 4.26. The first-order valence-corrected chi connectivity index (χ1v) is 5.95. The van der Waals surface area contributed by atoms with Crippen molar-refractivity contribution in [1.29, 1.82) is 0 Å². The van der Waals surface area contributed by atoms with Crippen LogP contribution in [0.3, 0.4) is 0 Å². The van der Waals surface area contributed by atoms with Crippen molar-refractivity contribution in [1.82, 2.24) is 14.9 Å². The molecule has 1 N–H and O–H groups in total. The Morgan fingerprint density at radius 3 is 2.67 bits per heavy atom. The van der Waals surface area contributed by atoms with Crippen LogP contribution in [-0.2, 0) is 6.54 Å². The number of hydrogen-bond donors (Lipinski definition) is 1. The lowest BCUT2D eigenvalue weighted by Gasteiger charge is -2.22. The molecule has 0 radical (unpaired) electrons. The van der Waals surface area contributed by atoms with Gasteiger partial charge in [0.1, 0.15) is 5.82 Å². The van der Waals surface area contributed by atoms with Crippen molar-refractivity contribution in [2.45, 2.75) is 46.7 Å². The fraction of sp³-hybridized carbons (Fsp3) is 0.750. The minimum atomic E-state index is 0.372. The molecule has 15 heavy (non-hydrogen) atoms. The summed E-state index contributed by atoms with van der Waals surface area (Å²) in [5.74, 6) is 1.75. The highest BCUT2D eigenvalue weighted by Gasteiger charge is 2.18. The van der Waals surface area contributed by atoms with Gasteiger partial charge in [0.05, 0.1) is 6.04 Å². The Hall–Kier alpha value is -0.830. The lowest BCUT2D eigenvalue weighted by atomic mass is 10.0. The van der Waals surface area contributed by atoms with Gasteiger partial charge < -0.3 is 9.88 Å². The zero-order chi connectivity index (χ0) is 11.3. The van der Waals surface area contributed by atoms with Gasteiger partial charge in [-0.1, -0.05) is 27.7 Å². The Morgan fingerprint density at radius 2 is 2.13 bits per heavy atom. The number of nitrogens with one attached hydrogen (secondary N) is 1. The molecule has 1 unspecified atom stereocenters. The van der Waals surface area contributed by atoms with Crippen LogP contribution in [-0.4, -0.2) is 16.1 Å². The van der Waals surface area contributed by atoms with E-state index in [1.807, 2.05) is 6.20 Å². The monoisotopic (exact) mass is 209 g/mol. The van der Waals surface area contributed by atoms with Crippen LogP contribution in [0.1, 0.15) is 46.0 Å². The van der Waals surface area contributed by atoms with Crippen LogP contribution in [0.4, 0.5) is 0 Å². The lowest BCUT2D eigenvalue weighted by Crippen LogP contribution is -2.28. The average molecular weight is 209 g/mol. The number of imidazole rings is 1. The Labute approximate surface area is 92.9 Å². The van der Waals surface area contributed by atoms with Gasteiger partial charge in [-0.25, -0.2) is 4.98 Å². The van der Waals surface area contributed by atoms with Crippen molar-refractivity contribution >= 4 is 0 Å². The van der Waals surface area contributed by atoms with E-state index in [-0.39, 0.29) is 0 Å². The third kappa shape index (κ3) is 3.06. The van der Waals surface area contributed by atoms with Gasteiger partial charge in [-0.2, -0.15) is 0 Å². The molecular weight excluding hydrogens is 186 g/mol. The number of aryl methyl sites for hydroxylation is 1. The predicted octanol–water partition coefficient (Wildman–Crippen LogP) is 2.60. The molecule has 0 spiro atoms. The molecule has 1 aromatic rings. The maximum Gasteiger partial charge on any atom is 0.126 e. The van der Waals surface area contributed by atoms with Gasteiger partial charge >= 0.3 is 0 Å². The molecule has 3 nitrogen and oxygen atoms in total. The fourth-order valence-corrected chi connectivity index (χ4v) is 1.87. The van der Waals surface area contributed by atoms with Crippen LogP contribution in [0.5, 0.6) is 0 Å². The smallest absolute Gasteiger partial charge is 0.126 e. The Balaban J connectivity index is 2.84. The molecule has 1 aromatic heterocycles. The van der Waals surface area contributed by atoms with Gasteiger partial charge in [0.15, 0.2) is 0 Å². The third-order valence-electron chi connectivity index (χ3n) is 2.58. The SMILES string of the molecule is CCCn1ccnc1C(NCC)C(C)C. The van der Waals surface area contributed by atoms with Crippen LogP contribution < -0.4 is 5.32 Å². The average Bonchev–Trinajstić information content (AvgIpc) is 2.62. The lowest BCUT2D eigenvalue weighted by molar-refractivity contribution is 0.387. The van der Waals surface area contributed by atoms with Gasteiger partial charge in [0.2, 0.25) is 0 Å². The molecule has 1 heterocycles. The van der Waals surface area contributed by atoms with Gasteiger partial charge in [-0.3, -0.25) is 0 Å². The molecule has 1 rings (SSSR count). The minimum absolute atomic E-state index is 0.372. The molecular formula is C12H23N3. The third-order valence-corrected chi connectivity index (χ3v) is 2.58. The molecule has 0 aliphatic heterocycles. The van der Waals surface area contributed by atoms with Gasteiger partial charge in [0.25, 0.3) is 0 Å². The van der Waals surface area contributed by atoms with Crippen molar-refractivity contribution in [2.75, 3.05) is 6.54 Å². The highest BCUT2D eigenvalue weighted by Crippen LogP contribution is 2.20. The van der Waals surface area contributed by atoms with Crippen LogP contribution in [0.2, 0.25) is 0 Å². The molecule has 0 saturated heterocycles. The molecule has 0 fully saturated rings. The minimum Gasteiger partial charge on any atom is -0.334 e. The molecule has 3 heteroatoms. The van der Waals surface area contributed by atoms with E-state index in [2.05, 4.69) is 48.8 Å². The first-order chi connectivity index (χ1) is 7.20.